The Morgan fingerprint density at radius 1 is 1.90 bits per heavy atom. The number of aromatic nitrogens is 2. The molecule has 6 nitrogen and oxygen atoms in total. The minimum atomic E-state index is -0.583. The van der Waals surface area contributed by atoms with Crippen LogP contribution in [-0.2, 0) is 0 Å². The fraction of sp³-hybridized carbons (Fsp3) is 0.250. The van der Waals surface area contributed by atoms with Crippen LogP contribution in [-0.4, -0.2) is 14.6 Å². The number of nitrogens with zero attached hydrogens (tertiary/aromatic N) is 3. The Morgan fingerprint density at radius 3 is 2.70 bits per heavy atom. The van der Waals surface area contributed by atoms with Crippen LogP contribution < -0.4 is 5.84 Å². The van der Waals surface area contributed by atoms with E-state index in [1.807, 2.05) is 0 Å². The van der Waals surface area contributed by atoms with Gasteiger partial charge in [-0.1, -0.05) is 0 Å². The Kier molecular flexibility index (Phi) is 1.29. The van der Waals surface area contributed by atoms with Crippen LogP contribution in [0, 0.1) is 17.0 Å². The lowest BCUT2D eigenvalue weighted by Gasteiger charge is -1.91. The predicted molar refractivity (Wildman–Crippen MR) is 33.8 cm³/mol. The van der Waals surface area contributed by atoms with E-state index in [0.29, 0.717) is 5.82 Å². The minimum absolute atomic E-state index is 0.197. The Labute approximate surface area is 56.4 Å². The van der Waals surface area contributed by atoms with Gasteiger partial charge in [0.2, 0.25) is 5.82 Å². The highest BCUT2D eigenvalue weighted by Crippen LogP contribution is 2.07. The smallest absolute Gasteiger partial charge is 0.358 e. The molecule has 0 bridgehead atoms. The second-order valence-corrected chi connectivity index (χ2v) is 1.79. The number of nitrogens with two attached hydrogens (primary N) is 1. The molecule has 0 aliphatic carbocycles. The zero-order valence-corrected chi connectivity index (χ0v) is 5.31. The molecule has 0 saturated heterocycles. The van der Waals surface area contributed by atoms with Gasteiger partial charge in [0.1, 0.15) is 6.20 Å². The fourth-order valence-corrected chi connectivity index (χ4v) is 0.576. The van der Waals surface area contributed by atoms with Crippen molar-refractivity contribution in [3.63, 3.8) is 0 Å². The molecule has 0 atom stereocenters. The SMILES string of the molecule is Cc1ncc([N+](=O)[O-])n1N. The second kappa shape index (κ2) is 1.98. The van der Waals surface area contributed by atoms with Gasteiger partial charge in [0, 0.05) is 6.92 Å². The van der Waals surface area contributed by atoms with Gasteiger partial charge in [0.25, 0.3) is 0 Å². The average molecular weight is 142 g/mol. The van der Waals surface area contributed by atoms with Crippen molar-refractivity contribution in [2.24, 2.45) is 0 Å². The first-order valence-corrected chi connectivity index (χ1v) is 2.56. The fourth-order valence-electron chi connectivity index (χ4n) is 0.576. The molecular weight excluding hydrogens is 136 g/mol. The van der Waals surface area contributed by atoms with Crippen LogP contribution in [0.5, 0.6) is 0 Å². The third kappa shape index (κ3) is 0.790. The molecular formula is C4H6N4O2. The molecule has 54 valence electrons. The lowest BCUT2D eigenvalue weighted by molar-refractivity contribution is -0.391. The van der Waals surface area contributed by atoms with Gasteiger partial charge in [-0.05, 0) is 4.92 Å². The molecule has 2 N–H and O–H groups in total. The lowest BCUT2D eigenvalue weighted by atomic mass is 10.7. The highest BCUT2D eigenvalue weighted by molar-refractivity contribution is 5.18. The summed E-state index contributed by atoms with van der Waals surface area (Å²) < 4.78 is 0.931. The Morgan fingerprint density at radius 2 is 2.50 bits per heavy atom. The van der Waals surface area contributed by atoms with Crippen LogP contribution >= 0.6 is 0 Å². The van der Waals surface area contributed by atoms with Gasteiger partial charge < -0.3 is 10.1 Å². The molecule has 10 heavy (non-hydrogen) atoms. The third-order valence-electron chi connectivity index (χ3n) is 1.15. The van der Waals surface area contributed by atoms with E-state index in [4.69, 9.17) is 5.84 Å². The Balaban J connectivity index is 3.17. The molecule has 0 fully saturated rings. The summed E-state index contributed by atoms with van der Waals surface area (Å²) in [6.45, 7) is 1.59. The monoisotopic (exact) mass is 142 g/mol. The molecule has 1 heterocycles. The molecule has 0 aromatic carbocycles. The zero-order valence-electron chi connectivity index (χ0n) is 5.31. The summed E-state index contributed by atoms with van der Waals surface area (Å²) in [6.07, 6.45) is 1.12. The third-order valence-corrected chi connectivity index (χ3v) is 1.15. The molecule has 0 saturated carbocycles. The van der Waals surface area contributed by atoms with Gasteiger partial charge in [-0.15, -0.1) is 4.68 Å². The summed E-state index contributed by atoms with van der Waals surface area (Å²) in [5.74, 6) is 5.44. The standard InChI is InChI=1S/C4H6N4O2/c1-3-6-2-4(7(3)5)8(9)10/h2H,5H2,1H3. The molecule has 1 aromatic rings. The first-order valence-electron chi connectivity index (χ1n) is 2.56. The predicted octanol–water partition coefficient (Wildman–Crippen LogP) is -0.186. The van der Waals surface area contributed by atoms with Crippen molar-refractivity contribution >= 4 is 5.82 Å². The van der Waals surface area contributed by atoms with Crippen molar-refractivity contribution in [2.75, 3.05) is 5.84 Å². The van der Waals surface area contributed by atoms with Gasteiger partial charge >= 0.3 is 5.82 Å². The summed E-state index contributed by atoms with van der Waals surface area (Å²) in [6, 6.07) is 0. The van der Waals surface area contributed by atoms with Crippen LogP contribution in [0.2, 0.25) is 0 Å². The molecule has 6 heteroatoms. The number of hydrogen-bond donors (Lipinski definition) is 1. The first kappa shape index (κ1) is 6.53. The summed E-state index contributed by atoms with van der Waals surface area (Å²) >= 11 is 0. The van der Waals surface area contributed by atoms with Crippen molar-refractivity contribution in [3.05, 3.63) is 22.1 Å². The van der Waals surface area contributed by atoms with Crippen molar-refractivity contribution in [3.8, 4) is 0 Å². The van der Waals surface area contributed by atoms with E-state index < -0.39 is 4.92 Å². The molecule has 1 aromatic heterocycles. The van der Waals surface area contributed by atoms with Crippen molar-refractivity contribution in [1.82, 2.24) is 9.66 Å². The molecule has 0 amide bonds. The first-order chi connectivity index (χ1) is 4.63. The van der Waals surface area contributed by atoms with Crippen LogP contribution in [0.25, 0.3) is 0 Å². The number of rotatable bonds is 1. The normalized spacial score (nSPS) is 9.70. The van der Waals surface area contributed by atoms with E-state index in [-0.39, 0.29) is 5.82 Å². The van der Waals surface area contributed by atoms with E-state index in [0.717, 1.165) is 10.9 Å². The van der Waals surface area contributed by atoms with Gasteiger partial charge in [-0.2, -0.15) is 0 Å². The number of nitro groups is 1. The van der Waals surface area contributed by atoms with Gasteiger partial charge in [0.05, 0.1) is 0 Å². The topological polar surface area (TPSA) is 87.0 Å². The summed E-state index contributed by atoms with van der Waals surface area (Å²) in [5, 5.41) is 10.1. The van der Waals surface area contributed by atoms with E-state index in [2.05, 4.69) is 4.98 Å². The highest BCUT2D eigenvalue weighted by Gasteiger charge is 2.13. The molecule has 0 unspecified atom stereocenters. The minimum Gasteiger partial charge on any atom is -0.358 e. The van der Waals surface area contributed by atoms with Crippen LogP contribution in [0.4, 0.5) is 5.82 Å². The maximum atomic E-state index is 10.1. The highest BCUT2D eigenvalue weighted by atomic mass is 16.6. The average Bonchev–Trinajstić information content (AvgIpc) is 2.14. The lowest BCUT2D eigenvalue weighted by Crippen LogP contribution is -2.12. The molecule has 0 aliphatic rings. The molecule has 0 spiro atoms. The number of aryl methyl sites for hydroxylation is 1. The van der Waals surface area contributed by atoms with Crippen LogP contribution in [0.3, 0.4) is 0 Å². The van der Waals surface area contributed by atoms with E-state index in [1.54, 1.807) is 6.92 Å². The maximum Gasteiger partial charge on any atom is 0.365 e. The number of hydrogen-bond acceptors (Lipinski definition) is 4. The second-order valence-electron chi connectivity index (χ2n) is 1.79. The van der Waals surface area contributed by atoms with Crippen molar-refractivity contribution < 1.29 is 4.92 Å². The largest absolute Gasteiger partial charge is 0.365 e. The van der Waals surface area contributed by atoms with E-state index in [1.165, 1.54) is 0 Å². The van der Waals surface area contributed by atoms with Crippen LogP contribution in [0.15, 0.2) is 6.20 Å². The quantitative estimate of drug-likeness (QED) is 0.334. The summed E-state index contributed by atoms with van der Waals surface area (Å²) in [4.78, 5) is 13.2. The van der Waals surface area contributed by atoms with Gasteiger partial charge in [-0.3, -0.25) is 5.84 Å². The Hall–Kier alpha value is -1.59. The number of nitrogen functional groups attached to an aromatic ring is 1. The van der Waals surface area contributed by atoms with E-state index in [9.17, 15) is 10.1 Å². The van der Waals surface area contributed by atoms with E-state index >= 15 is 0 Å². The van der Waals surface area contributed by atoms with Crippen molar-refractivity contribution in [1.29, 1.82) is 0 Å². The Bertz CT molecular complexity index is 266. The maximum absolute atomic E-state index is 10.1. The van der Waals surface area contributed by atoms with Gasteiger partial charge in [0.15, 0.2) is 0 Å². The molecule has 0 radical (unpaired) electrons. The number of imidazole rings is 1. The van der Waals surface area contributed by atoms with Gasteiger partial charge in [-0.25, -0.2) is 4.98 Å². The summed E-state index contributed by atoms with van der Waals surface area (Å²) in [5.41, 5.74) is 0. The van der Waals surface area contributed by atoms with Crippen LogP contribution in [0.1, 0.15) is 5.82 Å². The molecule has 0 aliphatic heterocycles. The molecule has 1 rings (SSSR count). The van der Waals surface area contributed by atoms with Crippen molar-refractivity contribution in [2.45, 2.75) is 6.92 Å². The zero-order chi connectivity index (χ0) is 7.72. The summed E-state index contributed by atoms with van der Waals surface area (Å²) in [7, 11) is 0.